The molecule has 8 nitrogen and oxygen atoms in total. The van der Waals surface area contributed by atoms with Gasteiger partial charge >= 0.3 is 6.09 Å². The normalized spacial score (nSPS) is 23.2. The number of benzene rings is 2. The first kappa shape index (κ1) is 31.4. The van der Waals surface area contributed by atoms with Crippen molar-refractivity contribution >= 4 is 12.0 Å². The van der Waals surface area contributed by atoms with Crippen LogP contribution in [0.2, 0.25) is 0 Å². The lowest BCUT2D eigenvalue weighted by atomic mass is 9.72. The van der Waals surface area contributed by atoms with Crippen LogP contribution in [-0.4, -0.2) is 83.4 Å². The third-order valence-corrected chi connectivity index (χ3v) is 9.88. The molecule has 3 aliphatic rings. The molecule has 0 spiro atoms. The molecule has 0 saturated carbocycles. The second-order valence-corrected chi connectivity index (χ2v) is 12.5. The molecule has 5 rings (SSSR count). The molecule has 3 atom stereocenters. The highest BCUT2D eigenvalue weighted by molar-refractivity contribution is 5.82. The number of aliphatic hydroxyl groups is 1. The zero-order valence-electron chi connectivity index (χ0n) is 25.4. The second kappa shape index (κ2) is 14.2. The van der Waals surface area contributed by atoms with Crippen molar-refractivity contribution in [3.63, 3.8) is 0 Å². The zero-order chi connectivity index (χ0) is 30.4. The number of nitrogens with one attached hydrogen (secondary N) is 2. The van der Waals surface area contributed by atoms with Gasteiger partial charge in [-0.2, -0.15) is 0 Å². The van der Waals surface area contributed by atoms with Gasteiger partial charge in [-0.15, -0.1) is 0 Å². The molecule has 2 unspecified atom stereocenters. The number of likely N-dealkylation sites (tertiary alicyclic amines) is 2. The van der Waals surface area contributed by atoms with E-state index < -0.39 is 17.5 Å². The van der Waals surface area contributed by atoms with Crippen molar-refractivity contribution in [1.82, 2.24) is 20.4 Å². The molecule has 3 saturated heterocycles. The van der Waals surface area contributed by atoms with E-state index in [1.54, 1.807) is 12.1 Å². The largest absolute Gasteiger partial charge is 0.465 e. The molecule has 4 N–H and O–H groups in total. The second-order valence-electron chi connectivity index (χ2n) is 12.5. The lowest BCUT2D eigenvalue weighted by Gasteiger charge is -2.45. The monoisotopic (exact) mass is 594 g/mol. The molecule has 43 heavy (non-hydrogen) atoms. The summed E-state index contributed by atoms with van der Waals surface area (Å²) in [5, 5.41) is 27.6. The number of halogens is 1. The van der Waals surface area contributed by atoms with E-state index in [1.807, 2.05) is 29.2 Å². The number of carboxylic acid groups (broad SMARTS) is 1. The minimum absolute atomic E-state index is 0.128. The topological polar surface area (TPSA) is 105 Å². The van der Waals surface area contributed by atoms with Gasteiger partial charge in [0, 0.05) is 37.2 Å². The van der Waals surface area contributed by atoms with Crippen LogP contribution >= 0.6 is 0 Å². The van der Waals surface area contributed by atoms with Gasteiger partial charge in [0.1, 0.15) is 5.82 Å². The average molecular weight is 595 g/mol. The summed E-state index contributed by atoms with van der Waals surface area (Å²) in [4.78, 5) is 29.6. The number of amides is 2. The van der Waals surface area contributed by atoms with Gasteiger partial charge in [0.05, 0.1) is 11.6 Å². The van der Waals surface area contributed by atoms with Gasteiger partial charge in [0.25, 0.3) is 0 Å². The molecule has 0 aromatic heterocycles. The summed E-state index contributed by atoms with van der Waals surface area (Å²) < 4.78 is 15.7. The highest BCUT2D eigenvalue weighted by Crippen LogP contribution is 2.44. The third-order valence-electron chi connectivity index (χ3n) is 9.88. The predicted molar refractivity (Wildman–Crippen MR) is 165 cm³/mol. The Morgan fingerprint density at radius 1 is 1.07 bits per heavy atom. The molecule has 0 radical (unpaired) electrons. The van der Waals surface area contributed by atoms with E-state index in [1.165, 1.54) is 6.07 Å². The van der Waals surface area contributed by atoms with E-state index in [9.17, 15) is 14.7 Å². The van der Waals surface area contributed by atoms with Crippen LogP contribution in [0.25, 0.3) is 11.1 Å². The van der Waals surface area contributed by atoms with Crippen molar-refractivity contribution in [3.05, 3.63) is 59.4 Å². The maximum absolute atomic E-state index is 15.7. The standard InChI is InChI=1S/C34H47FN4O4/c1-2-24-8-3-9-25(22-24)31-28(11-4-12-29(31)35)34(43,16-7-17-37-33(41)42)26-10-5-20-38(23-26)32(40)30-13-6-21-39(30)27-14-18-36-19-15-27/h3-4,8-9,11-12,22,26-27,30,36-37,43H,2,5-7,10,13-21,23H2,1H3,(H,41,42)/t26?,30-,34?/m0/s1. The van der Waals surface area contributed by atoms with Gasteiger partial charge in [-0.3, -0.25) is 9.69 Å². The molecular weight excluding hydrogens is 547 g/mol. The molecule has 3 heterocycles. The first-order valence-corrected chi connectivity index (χ1v) is 16.1. The molecule has 0 bridgehead atoms. The zero-order valence-corrected chi connectivity index (χ0v) is 25.4. The number of carbonyl (C=O) groups is 2. The van der Waals surface area contributed by atoms with Crippen molar-refractivity contribution in [2.45, 2.75) is 82.4 Å². The van der Waals surface area contributed by atoms with Crippen LogP contribution in [0.5, 0.6) is 0 Å². The van der Waals surface area contributed by atoms with Crippen molar-refractivity contribution in [2.75, 3.05) is 39.3 Å². The van der Waals surface area contributed by atoms with E-state index in [4.69, 9.17) is 5.11 Å². The fourth-order valence-corrected chi connectivity index (χ4v) is 7.64. The number of hydrogen-bond acceptors (Lipinski definition) is 5. The molecule has 3 aliphatic heterocycles. The maximum atomic E-state index is 15.7. The first-order chi connectivity index (χ1) is 20.8. The quantitative estimate of drug-likeness (QED) is 0.296. The molecule has 2 aromatic rings. The Labute approximate surface area is 254 Å². The Balaban J connectivity index is 1.45. The Bertz CT molecular complexity index is 1270. The van der Waals surface area contributed by atoms with Gasteiger partial charge < -0.3 is 25.7 Å². The van der Waals surface area contributed by atoms with Crippen LogP contribution < -0.4 is 10.6 Å². The number of hydrogen-bond donors (Lipinski definition) is 4. The smallest absolute Gasteiger partial charge is 0.404 e. The lowest BCUT2D eigenvalue weighted by Crippen LogP contribution is -2.55. The average Bonchev–Trinajstić information content (AvgIpc) is 3.53. The highest BCUT2D eigenvalue weighted by Gasteiger charge is 2.45. The van der Waals surface area contributed by atoms with Gasteiger partial charge in [0.2, 0.25) is 5.91 Å². The van der Waals surface area contributed by atoms with Crippen LogP contribution in [0.4, 0.5) is 9.18 Å². The lowest BCUT2D eigenvalue weighted by molar-refractivity contribution is -0.142. The van der Waals surface area contributed by atoms with Gasteiger partial charge in [-0.1, -0.05) is 43.3 Å². The molecule has 9 heteroatoms. The highest BCUT2D eigenvalue weighted by atomic mass is 19.1. The number of rotatable bonds is 10. The Kier molecular flexibility index (Phi) is 10.4. The Morgan fingerprint density at radius 2 is 1.84 bits per heavy atom. The summed E-state index contributed by atoms with van der Waals surface area (Å²) in [5.74, 6) is -0.579. The van der Waals surface area contributed by atoms with Gasteiger partial charge in [-0.25, -0.2) is 9.18 Å². The van der Waals surface area contributed by atoms with Gasteiger partial charge in [-0.05, 0) is 100 Å². The predicted octanol–water partition coefficient (Wildman–Crippen LogP) is 4.75. The van der Waals surface area contributed by atoms with E-state index in [-0.39, 0.29) is 30.8 Å². The van der Waals surface area contributed by atoms with Crippen molar-refractivity contribution in [1.29, 1.82) is 0 Å². The van der Waals surface area contributed by atoms with Crippen LogP contribution in [0.1, 0.15) is 69.4 Å². The van der Waals surface area contributed by atoms with Crippen molar-refractivity contribution in [2.24, 2.45) is 5.92 Å². The van der Waals surface area contributed by atoms with Crippen LogP contribution in [-0.2, 0) is 16.8 Å². The van der Waals surface area contributed by atoms with Crippen molar-refractivity contribution < 1.29 is 24.2 Å². The minimum Gasteiger partial charge on any atom is -0.465 e. The van der Waals surface area contributed by atoms with Crippen molar-refractivity contribution in [3.8, 4) is 11.1 Å². The Morgan fingerprint density at radius 3 is 2.60 bits per heavy atom. The number of carbonyl (C=O) groups excluding carboxylic acids is 1. The number of nitrogens with zero attached hydrogens (tertiary/aromatic N) is 2. The van der Waals surface area contributed by atoms with E-state index in [0.717, 1.165) is 63.7 Å². The maximum Gasteiger partial charge on any atom is 0.404 e. The summed E-state index contributed by atoms with van der Waals surface area (Å²) in [7, 11) is 0. The molecule has 2 amide bonds. The number of piperidine rings is 2. The molecule has 234 valence electrons. The molecule has 3 fully saturated rings. The number of aryl methyl sites for hydroxylation is 1. The summed E-state index contributed by atoms with van der Waals surface area (Å²) in [5.41, 5.74) is 1.21. The van der Waals surface area contributed by atoms with Crippen LogP contribution in [0, 0.1) is 11.7 Å². The third kappa shape index (κ3) is 7.05. The molecule has 0 aliphatic carbocycles. The minimum atomic E-state index is -1.46. The molecular formula is C34H47FN4O4. The fraction of sp³-hybridized carbons (Fsp3) is 0.588. The first-order valence-electron chi connectivity index (χ1n) is 16.1. The van der Waals surface area contributed by atoms with E-state index >= 15 is 4.39 Å². The summed E-state index contributed by atoms with van der Waals surface area (Å²) in [6, 6.07) is 12.9. The SMILES string of the molecule is CCc1cccc(-c2c(F)cccc2C(O)(CCCNC(=O)O)C2CCCN(C(=O)[C@@H]3CCCN3C3CCNCC3)C2)c1. The fourth-order valence-electron chi connectivity index (χ4n) is 7.64. The summed E-state index contributed by atoms with van der Waals surface area (Å²) in [6.45, 7) is 6.18. The Hall–Kier alpha value is -3.01. The summed E-state index contributed by atoms with van der Waals surface area (Å²) in [6.07, 6.45) is 5.74. The van der Waals surface area contributed by atoms with E-state index in [0.29, 0.717) is 48.7 Å². The van der Waals surface area contributed by atoms with Crippen LogP contribution in [0.15, 0.2) is 42.5 Å². The van der Waals surface area contributed by atoms with Crippen LogP contribution in [0.3, 0.4) is 0 Å². The van der Waals surface area contributed by atoms with E-state index in [2.05, 4.69) is 22.5 Å². The summed E-state index contributed by atoms with van der Waals surface area (Å²) >= 11 is 0. The van der Waals surface area contributed by atoms with Gasteiger partial charge in [0.15, 0.2) is 0 Å². The molecule has 2 aromatic carbocycles.